The minimum atomic E-state index is -0.853. The number of nitrogens with zero attached hydrogens (tertiary/aromatic N) is 1. The van der Waals surface area contributed by atoms with Crippen molar-refractivity contribution in [1.29, 1.82) is 0 Å². The number of carbonyl (C=O) groups is 2. The monoisotopic (exact) mass is 278 g/mol. The Kier molecular flexibility index (Phi) is 5.02. The average molecular weight is 278 g/mol. The first kappa shape index (κ1) is 14.9. The summed E-state index contributed by atoms with van der Waals surface area (Å²) in [5.41, 5.74) is 0. The molecule has 0 aliphatic carbocycles. The smallest absolute Gasteiger partial charge is 0.303 e. The normalized spacial score (nSPS) is 31.6. The highest BCUT2D eigenvalue weighted by Crippen LogP contribution is 2.35. The van der Waals surface area contributed by atoms with E-state index in [1.165, 1.54) is 0 Å². The number of nitrogens with one attached hydrogen (secondary N) is 1. The van der Waals surface area contributed by atoms with Gasteiger partial charge >= 0.3 is 5.97 Å². The van der Waals surface area contributed by atoms with Crippen LogP contribution in [0.2, 0.25) is 0 Å². The maximum atomic E-state index is 11.6. The predicted molar refractivity (Wildman–Crippen MR) is 74.9 cm³/mol. The fourth-order valence-corrected chi connectivity index (χ4v) is 3.26. The molecule has 3 aliphatic rings. The Morgan fingerprint density at radius 2 is 2.20 bits per heavy atom. The molecule has 0 aromatic heterocycles. The van der Waals surface area contributed by atoms with E-state index >= 15 is 0 Å². The highest BCUT2D eigenvalue weighted by molar-refractivity contribution is 5.76. The van der Waals surface area contributed by atoms with Gasteiger partial charge < -0.3 is 10.4 Å². The van der Waals surface area contributed by atoms with E-state index in [1.807, 2.05) is 0 Å². The van der Waals surface area contributed by atoms with Crippen LogP contribution in [0.1, 0.15) is 32.1 Å². The van der Waals surface area contributed by atoms with Crippen molar-refractivity contribution in [2.24, 2.45) is 11.8 Å². The summed E-state index contributed by atoms with van der Waals surface area (Å²) >= 11 is 0. The van der Waals surface area contributed by atoms with Gasteiger partial charge in [-0.3, -0.25) is 14.5 Å². The molecular weight excluding hydrogens is 256 g/mol. The van der Waals surface area contributed by atoms with Crippen molar-refractivity contribution in [1.82, 2.24) is 10.2 Å². The molecule has 0 aromatic carbocycles. The lowest BCUT2D eigenvalue weighted by atomic mass is 9.76. The van der Waals surface area contributed by atoms with Crippen molar-refractivity contribution in [2.45, 2.75) is 38.1 Å². The zero-order valence-electron chi connectivity index (χ0n) is 11.7. The number of piperidine rings is 3. The van der Waals surface area contributed by atoms with Gasteiger partial charge in [-0.05, 0) is 31.7 Å². The molecule has 20 heavy (non-hydrogen) atoms. The standard InChI is InChI=1S/C15H22N2O3/c1-2-11-10-17-7-6-12(11)8-13(17)9-16-14(18)4-3-5-15(19)20/h1,11-13H,3-10H2,(H,16,18)(H,19,20). The van der Waals surface area contributed by atoms with Crippen LogP contribution < -0.4 is 5.32 Å². The summed E-state index contributed by atoms with van der Waals surface area (Å²) in [5, 5.41) is 11.4. The molecule has 2 bridgehead atoms. The van der Waals surface area contributed by atoms with Crippen LogP contribution in [0.5, 0.6) is 0 Å². The summed E-state index contributed by atoms with van der Waals surface area (Å²) in [6.07, 6.45) is 8.50. The number of hydrogen-bond donors (Lipinski definition) is 2. The Morgan fingerprint density at radius 3 is 2.80 bits per heavy atom. The number of hydrogen-bond acceptors (Lipinski definition) is 3. The summed E-state index contributed by atoms with van der Waals surface area (Å²) in [6, 6.07) is 0.391. The van der Waals surface area contributed by atoms with E-state index in [0.717, 1.165) is 25.9 Å². The Morgan fingerprint density at radius 1 is 1.40 bits per heavy atom. The molecule has 2 N–H and O–H groups in total. The number of carbonyl (C=O) groups excluding carboxylic acids is 1. The minimum Gasteiger partial charge on any atom is -0.481 e. The molecule has 110 valence electrons. The fraction of sp³-hybridized carbons (Fsp3) is 0.733. The molecule has 3 fully saturated rings. The van der Waals surface area contributed by atoms with Crippen molar-refractivity contribution in [2.75, 3.05) is 19.6 Å². The van der Waals surface area contributed by atoms with Crippen molar-refractivity contribution >= 4 is 11.9 Å². The van der Waals surface area contributed by atoms with Crippen LogP contribution in [-0.2, 0) is 9.59 Å². The third-order valence-corrected chi connectivity index (χ3v) is 4.42. The van der Waals surface area contributed by atoms with E-state index in [1.54, 1.807) is 0 Å². The van der Waals surface area contributed by atoms with E-state index in [0.29, 0.717) is 30.8 Å². The number of amides is 1. The number of terminal acetylenes is 1. The van der Waals surface area contributed by atoms with Gasteiger partial charge in [0.1, 0.15) is 0 Å². The van der Waals surface area contributed by atoms with E-state index in [2.05, 4.69) is 16.1 Å². The molecule has 4 atom stereocenters. The lowest BCUT2D eigenvalue weighted by Gasteiger charge is -2.48. The lowest BCUT2D eigenvalue weighted by Crippen LogP contribution is -2.56. The van der Waals surface area contributed by atoms with E-state index in [9.17, 15) is 9.59 Å². The molecule has 0 saturated carbocycles. The first-order valence-electron chi connectivity index (χ1n) is 7.29. The maximum absolute atomic E-state index is 11.6. The largest absolute Gasteiger partial charge is 0.481 e. The highest BCUT2D eigenvalue weighted by atomic mass is 16.4. The van der Waals surface area contributed by atoms with Crippen LogP contribution in [0.4, 0.5) is 0 Å². The molecular formula is C15H22N2O3. The summed E-state index contributed by atoms with van der Waals surface area (Å²) in [4.78, 5) is 24.4. The molecule has 0 aromatic rings. The van der Waals surface area contributed by atoms with E-state index in [4.69, 9.17) is 11.5 Å². The number of carboxylic acid groups (broad SMARTS) is 1. The number of carboxylic acids is 1. The van der Waals surface area contributed by atoms with Gasteiger partial charge in [0.2, 0.25) is 5.91 Å². The highest BCUT2D eigenvalue weighted by Gasteiger charge is 2.39. The number of rotatable bonds is 6. The lowest BCUT2D eigenvalue weighted by molar-refractivity contribution is -0.137. The van der Waals surface area contributed by atoms with Gasteiger partial charge in [-0.25, -0.2) is 0 Å². The van der Waals surface area contributed by atoms with Gasteiger partial charge in [-0.1, -0.05) is 0 Å². The summed E-state index contributed by atoms with van der Waals surface area (Å²) in [7, 11) is 0. The second-order valence-electron chi connectivity index (χ2n) is 5.76. The predicted octanol–water partition coefficient (Wildman–Crippen LogP) is 0.701. The molecule has 5 heteroatoms. The molecule has 4 unspecified atom stereocenters. The van der Waals surface area contributed by atoms with Crippen molar-refractivity contribution in [3.05, 3.63) is 0 Å². The second kappa shape index (κ2) is 6.76. The second-order valence-corrected chi connectivity index (χ2v) is 5.76. The Hall–Kier alpha value is -1.54. The third-order valence-electron chi connectivity index (χ3n) is 4.42. The molecule has 1 amide bonds. The van der Waals surface area contributed by atoms with Crippen LogP contribution in [0.25, 0.3) is 0 Å². The first-order valence-corrected chi connectivity index (χ1v) is 7.29. The van der Waals surface area contributed by atoms with Gasteiger partial charge in [0.25, 0.3) is 0 Å². The quantitative estimate of drug-likeness (QED) is 0.702. The summed E-state index contributed by atoms with van der Waals surface area (Å²) < 4.78 is 0. The van der Waals surface area contributed by atoms with Crippen molar-refractivity contribution in [3.8, 4) is 12.3 Å². The summed E-state index contributed by atoms with van der Waals surface area (Å²) in [5.74, 6) is 2.93. The van der Waals surface area contributed by atoms with Crippen LogP contribution in [0.3, 0.4) is 0 Å². The van der Waals surface area contributed by atoms with Gasteiger partial charge in [-0.15, -0.1) is 12.3 Å². The fourth-order valence-electron chi connectivity index (χ4n) is 3.26. The zero-order valence-corrected chi connectivity index (χ0v) is 11.7. The average Bonchev–Trinajstić information content (AvgIpc) is 2.45. The first-order chi connectivity index (χ1) is 9.60. The molecule has 5 nitrogen and oxygen atoms in total. The van der Waals surface area contributed by atoms with Gasteiger partial charge in [-0.2, -0.15) is 0 Å². The van der Waals surface area contributed by atoms with Crippen LogP contribution in [0, 0.1) is 24.2 Å². The molecule has 3 rings (SSSR count). The van der Waals surface area contributed by atoms with Crippen LogP contribution >= 0.6 is 0 Å². The SMILES string of the molecule is C#CC1CN2CCC1CC2CNC(=O)CCCC(=O)O. The minimum absolute atomic E-state index is 0.0505. The van der Waals surface area contributed by atoms with Crippen molar-refractivity contribution < 1.29 is 14.7 Å². The Labute approximate surface area is 119 Å². The topological polar surface area (TPSA) is 69.6 Å². The molecule has 3 aliphatic heterocycles. The summed E-state index contributed by atoms with van der Waals surface area (Å²) in [6.45, 7) is 2.67. The Balaban J connectivity index is 1.69. The number of fused-ring (bicyclic) bond motifs is 3. The van der Waals surface area contributed by atoms with Gasteiger partial charge in [0.05, 0.1) is 0 Å². The third kappa shape index (κ3) is 3.73. The molecule has 0 spiro atoms. The van der Waals surface area contributed by atoms with Crippen LogP contribution in [-0.4, -0.2) is 47.6 Å². The van der Waals surface area contributed by atoms with Gasteiger partial charge in [0, 0.05) is 37.9 Å². The van der Waals surface area contributed by atoms with Gasteiger partial charge in [0.15, 0.2) is 0 Å². The van der Waals surface area contributed by atoms with E-state index < -0.39 is 5.97 Å². The van der Waals surface area contributed by atoms with Crippen molar-refractivity contribution in [3.63, 3.8) is 0 Å². The van der Waals surface area contributed by atoms with Crippen LogP contribution in [0.15, 0.2) is 0 Å². The maximum Gasteiger partial charge on any atom is 0.303 e. The molecule has 3 heterocycles. The molecule has 0 radical (unpaired) electrons. The number of aliphatic carboxylic acids is 1. The molecule has 3 saturated heterocycles. The zero-order chi connectivity index (χ0) is 14.5. The van der Waals surface area contributed by atoms with E-state index in [-0.39, 0.29) is 18.7 Å². The Bertz CT molecular complexity index is 416.